The summed E-state index contributed by atoms with van der Waals surface area (Å²) in [7, 11) is 0. The smallest absolute Gasteiger partial charge is 0.0468 e. The maximum Gasteiger partial charge on any atom is 0.0468 e. The lowest BCUT2D eigenvalue weighted by Crippen LogP contribution is -2.09. The summed E-state index contributed by atoms with van der Waals surface area (Å²) in [5.74, 6) is 0. The molecule has 338 valence electrons. The molecular formula is C70H48N2. The molecule has 0 fully saturated rings. The molecule has 0 amide bonds. The Morgan fingerprint density at radius 1 is 0.139 bits per heavy atom. The number of fused-ring (bicyclic) bond motifs is 4. The van der Waals surface area contributed by atoms with Crippen molar-refractivity contribution in [3.8, 4) is 44.5 Å². The third-order valence-corrected chi connectivity index (χ3v) is 14.2. The summed E-state index contributed by atoms with van der Waals surface area (Å²) in [6, 6.07) is 106. The van der Waals surface area contributed by atoms with E-state index in [1.807, 2.05) is 0 Å². The summed E-state index contributed by atoms with van der Waals surface area (Å²) in [5.41, 5.74) is 16.3. The first-order valence-corrected chi connectivity index (χ1v) is 24.7. The number of rotatable bonds is 10. The van der Waals surface area contributed by atoms with Gasteiger partial charge in [0, 0.05) is 34.1 Å². The van der Waals surface area contributed by atoms with E-state index < -0.39 is 0 Å². The van der Waals surface area contributed by atoms with Gasteiger partial charge in [0.2, 0.25) is 0 Å². The molecule has 0 bridgehead atoms. The van der Waals surface area contributed by atoms with Gasteiger partial charge in [-0.3, -0.25) is 0 Å². The summed E-state index contributed by atoms with van der Waals surface area (Å²) < 4.78 is 0. The van der Waals surface area contributed by atoms with Crippen molar-refractivity contribution in [2.24, 2.45) is 0 Å². The highest BCUT2D eigenvalue weighted by molar-refractivity contribution is 6.01. The van der Waals surface area contributed by atoms with Gasteiger partial charge in [0.1, 0.15) is 0 Å². The number of para-hydroxylation sites is 2. The summed E-state index contributed by atoms with van der Waals surface area (Å²) in [6.45, 7) is 0. The van der Waals surface area contributed by atoms with Crippen LogP contribution < -0.4 is 9.80 Å². The van der Waals surface area contributed by atoms with Crippen molar-refractivity contribution in [3.63, 3.8) is 0 Å². The Morgan fingerprint density at radius 2 is 0.389 bits per heavy atom. The van der Waals surface area contributed by atoms with Gasteiger partial charge in [-0.25, -0.2) is 0 Å². The standard InChI is InChI=1S/C70H48N2/c1-3-15-65(16-4-1)71(69-41-35-49-11-7-9-13-57(49)47-69)67-37-31-53(32-38-67)51-19-23-55(24-20-51)59-27-29-61-46-64-44-60(28-30-62(64)45-63(61)43-59)56-25-21-52(22-26-56)54-33-39-68(40-34-54)72(66-17-5-2-6-18-66)70-42-36-50-12-8-10-14-58(50)48-70/h1-48H. The van der Waals surface area contributed by atoms with E-state index in [0.29, 0.717) is 0 Å². The van der Waals surface area contributed by atoms with Crippen molar-refractivity contribution in [2.45, 2.75) is 0 Å². The van der Waals surface area contributed by atoms with Crippen LogP contribution in [0.3, 0.4) is 0 Å². The van der Waals surface area contributed by atoms with Crippen molar-refractivity contribution in [3.05, 3.63) is 291 Å². The third-order valence-electron chi connectivity index (χ3n) is 14.2. The molecule has 0 aliphatic carbocycles. The summed E-state index contributed by atoms with van der Waals surface area (Å²) in [5, 5.41) is 9.87. The van der Waals surface area contributed by atoms with Crippen LogP contribution in [-0.4, -0.2) is 0 Å². The highest BCUT2D eigenvalue weighted by atomic mass is 15.1. The van der Waals surface area contributed by atoms with Gasteiger partial charge in [0.25, 0.3) is 0 Å². The molecule has 0 unspecified atom stereocenters. The molecule has 2 heteroatoms. The maximum absolute atomic E-state index is 2.33. The van der Waals surface area contributed by atoms with Gasteiger partial charge >= 0.3 is 0 Å². The van der Waals surface area contributed by atoms with Gasteiger partial charge < -0.3 is 9.80 Å². The lowest BCUT2D eigenvalue weighted by molar-refractivity contribution is 1.29. The lowest BCUT2D eigenvalue weighted by Gasteiger charge is -2.26. The minimum absolute atomic E-state index is 1.12. The molecule has 0 spiro atoms. The SMILES string of the molecule is c1ccc(N(c2ccc(-c3ccc(-c4ccc5cc6cc(-c7ccc(-c8ccc(N(c9ccccc9)c9ccc%10ccccc%10c9)cc8)cc7)ccc6cc5c4)cc3)cc2)c2ccc3ccccc3c2)cc1. The van der Waals surface area contributed by atoms with Crippen LogP contribution in [0.1, 0.15) is 0 Å². The third kappa shape index (κ3) is 8.31. The summed E-state index contributed by atoms with van der Waals surface area (Å²) in [4.78, 5) is 4.66. The quantitative estimate of drug-likeness (QED) is 0.126. The second-order valence-corrected chi connectivity index (χ2v) is 18.6. The van der Waals surface area contributed by atoms with Crippen molar-refractivity contribution in [1.82, 2.24) is 0 Å². The van der Waals surface area contributed by atoms with Gasteiger partial charge in [-0.1, -0.05) is 194 Å². The van der Waals surface area contributed by atoms with Crippen LogP contribution in [0, 0.1) is 0 Å². The Balaban J connectivity index is 0.714. The molecule has 2 nitrogen and oxygen atoms in total. The van der Waals surface area contributed by atoms with Crippen LogP contribution in [0.5, 0.6) is 0 Å². The van der Waals surface area contributed by atoms with E-state index in [-0.39, 0.29) is 0 Å². The molecule has 72 heavy (non-hydrogen) atoms. The van der Waals surface area contributed by atoms with E-state index in [2.05, 4.69) is 301 Å². The topological polar surface area (TPSA) is 6.48 Å². The van der Waals surface area contributed by atoms with E-state index >= 15 is 0 Å². The van der Waals surface area contributed by atoms with Crippen molar-refractivity contribution in [1.29, 1.82) is 0 Å². The Labute approximate surface area is 420 Å². The Kier molecular flexibility index (Phi) is 10.9. The first-order chi connectivity index (χ1) is 35.6. The van der Waals surface area contributed by atoms with Crippen molar-refractivity contribution in [2.75, 3.05) is 9.80 Å². The van der Waals surface area contributed by atoms with Crippen molar-refractivity contribution >= 4 is 77.2 Å². The molecule has 0 aromatic heterocycles. The lowest BCUT2D eigenvalue weighted by atomic mass is 9.95. The highest BCUT2D eigenvalue weighted by Crippen LogP contribution is 2.40. The fraction of sp³-hybridized carbons (Fsp3) is 0. The predicted molar refractivity (Wildman–Crippen MR) is 308 cm³/mol. The fourth-order valence-electron chi connectivity index (χ4n) is 10.4. The zero-order valence-corrected chi connectivity index (χ0v) is 39.6. The Hall–Kier alpha value is -9.50. The van der Waals surface area contributed by atoms with E-state index in [9.17, 15) is 0 Å². The zero-order valence-electron chi connectivity index (χ0n) is 39.6. The molecule has 13 aromatic carbocycles. The Morgan fingerprint density at radius 3 is 0.764 bits per heavy atom. The van der Waals surface area contributed by atoms with Gasteiger partial charge in [0.15, 0.2) is 0 Å². The summed E-state index contributed by atoms with van der Waals surface area (Å²) in [6.07, 6.45) is 0. The number of anilines is 6. The average molecular weight is 917 g/mol. The average Bonchev–Trinajstić information content (AvgIpc) is 3.45. The van der Waals surface area contributed by atoms with Gasteiger partial charge in [0.05, 0.1) is 0 Å². The number of benzene rings is 13. The minimum Gasteiger partial charge on any atom is -0.310 e. The second-order valence-electron chi connectivity index (χ2n) is 18.6. The van der Waals surface area contributed by atoms with E-state index in [1.165, 1.54) is 87.6 Å². The van der Waals surface area contributed by atoms with Crippen LogP contribution in [0.15, 0.2) is 291 Å². The molecule has 0 N–H and O–H groups in total. The molecule has 0 aliphatic rings. The number of hydrogen-bond acceptors (Lipinski definition) is 2. The molecular weight excluding hydrogens is 869 g/mol. The van der Waals surface area contributed by atoms with Crippen LogP contribution in [0.2, 0.25) is 0 Å². The Bertz CT molecular complexity index is 3780. The second kappa shape index (κ2) is 18.4. The molecule has 0 heterocycles. The minimum atomic E-state index is 1.12. The molecule has 0 saturated carbocycles. The van der Waals surface area contributed by atoms with Crippen LogP contribution >= 0.6 is 0 Å². The number of nitrogens with zero attached hydrogens (tertiary/aromatic N) is 2. The summed E-state index contributed by atoms with van der Waals surface area (Å²) >= 11 is 0. The van der Waals surface area contributed by atoms with Gasteiger partial charge in [-0.2, -0.15) is 0 Å². The van der Waals surface area contributed by atoms with Crippen LogP contribution in [-0.2, 0) is 0 Å². The zero-order chi connectivity index (χ0) is 47.8. The first-order valence-electron chi connectivity index (χ1n) is 24.7. The van der Waals surface area contributed by atoms with E-state index in [1.54, 1.807) is 0 Å². The maximum atomic E-state index is 2.33. The molecule has 0 atom stereocenters. The monoisotopic (exact) mass is 916 g/mol. The van der Waals surface area contributed by atoms with Gasteiger partial charge in [-0.15, -0.1) is 0 Å². The molecule has 13 aromatic rings. The van der Waals surface area contributed by atoms with Crippen LogP contribution in [0.4, 0.5) is 34.1 Å². The number of hydrogen-bond donors (Lipinski definition) is 0. The normalized spacial score (nSPS) is 11.3. The molecule has 0 saturated heterocycles. The largest absolute Gasteiger partial charge is 0.310 e. The first kappa shape index (κ1) is 42.6. The molecule has 13 rings (SSSR count). The van der Waals surface area contributed by atoms with E-state index in [0.717, 1.165) is 34.1 Å². The van der Waals surface area contributed by atoms with Crippen molar-refractivity contribution < 1.29 is 0 Å². The van der Waals surface area contributed by atoms with Crippen LogP contribution in [0.25, 0.3) is 87.6 Å². The van der Waals surface area contributed by atoms with E-state index in [4.69, 9.17) is 0 Å². The van der Waals surface area contributed by atoms with Gasteiger partial charge in [-0.05, 0) is 185 Å². The fourth-order valence-corrected chi connectivity index (χ4v) is 10.4. The molecule has 0 aliphatic heterocycles. The predicted octanol–water partition coefficient (Wildman–Crippen LogP) is 19.9. The highest BCUT2D eigenvalue weighted by Gasteiger charge is 2.16. The molecule has 0 radical (unpaired) electrons.